The number of amides is 6. The van der Waals surface area contributed by atoms with Crippen LogP contribution in [-0.4, -0.2) is 83.6 Å². The molecule has 0 saturated heterocycles. The molecule has 8 aromatic rings. The van der Waals surface area contributed by atoms with Crippen LogP contribution in [0.15, 0.2) is 213 Å². The van der Waals surface area contributed by atoms with Crippen molar-refractivity contribution in [1.29, 1.82) is 0 Å². The minimum absolute atomic E-state index is 0.0124. The Morgan fingerprint density at radius 1 is 0.385 bits per heavy atom. The third-order valence-electron chi connectivity index (χ3n) is 16.5. The second kappa shape index (κ2) is 55.7. The largest absolute Gasteiger partial charge is 0.445 e. The van der Waals surface area contributed by atoms with Gasteiger partial charge >= 0.3 is 6.09 Å². The number of ether oxygens (including phenoxy) is 1. The first-order chi connectivity index (χ1) is 52.6. The highest BCUT2D eigenvalue weighted by atomic mass is 16.5. The smallest absolute Gasteiger partial charge is 0.407 e. The number of alkyl carbamates (subject to hydrolysis) is 1. The summed E-state index contributed by atoms with van der Waals surface area (Å²) in [7, 11) is 3.60. The number of nitrogens with zero attached hydrogens (tertiary/aromatic N) is 1. The second-order valence-electron chi connectivity index (χ2n) is 25.5. The lowest BCUT2D eigenvalue weighted by Crippen LogP contribution is -2.23. The third-order valence-corrected chi connectivity index (χ3v) is 16.5. The molecule has 8 N–H and O–H groups in total. The molecule has 109 heavy (non-hydrogen) atoms. The first-order valence-electron chi connectivity index (χ1n) is 37.3. The summed E-state index contributed by atoms with van der Waals surface area (Å²) in [6.45, 7) is 12.6. The highest BCUT2D eigenvalue weighted by Crippen LogP contribution is 2.23. The maximum absolute atomic E-state index is 12.4. The van der Waals surface area contributed by atoms with E-state index in [1.165, 1.54) is 12.5 Å². The lowest BCUT2D eigenvalue weighted by Gasteiger charge is -2.11. The van der Waals surface area contributed by atoms with Crippen molar-refractivity contribution in [3.63, 3.8) is 0 Å². The molecule has 0 aliphatic carbocycles. The van der Waals surface area contributed by atoms with Crippen molar-refractivity contribution in [2.75, 3.05) is 51.3 Å². The molecule has 0 saturated carbocycles. The molecule has 8 rings (SSSR count). The van der Waals surface area contributed by atoms with Gasteiger partial charge in [0.1, 0.15) is 24.0 Å². The average Bonchev–Trinajstić information content (AvgIpc) is 0.859. The van der Waals surface area contributed by atoms with E-state index in [0.29, 0.717) is 79.3 Å². The van der Waals surface area contributed by atoms with Crippen LogP contribution in [0.4, 0.5) is 44.6 Å². The van der Waals surface area contributed by atoms with Gasteiger partial charge in [-0.05, 0) is 174 Å². The zero-order chi connectivity index (χ0) is 79.8. The maximum atomic E-state index is 12.4. The number of hydrogen-bond acceptors (Lipinski definition) is 15. The monoisotopic (exact) mass is 1490 g/mol. The van der Waals surface area contributed by atoms with Crippen LogP contribution in [0.25, 0.3) is 0 Å². The Morgan fingerprint density at radius 3 is 1.21 bits per heavy atom. The number of anilines is 7. The van der Waals surface area contributed by atoms with E-state index in [4.69, 9.17) is 4.74 Å². The van der Waals surface area contributed by atoms with Gasteiger partial charge in [0.05, 0.1) is 22.7 Å². The molecule has 0 aliphatic heterocycles. The number of para-hydroxylation sites is 6. The summed E-state index contributed by atoms with van der Waals surface area (Å²) < 4.78 is 5.14. The van der Waals surface area contributed by atoms with Gasteiger partial charge in [-0.1, -0.05) is 156 Å². The van der Waals surface area contributed by atoms with E-state index in [9.17, 15) is 52.7 Å². The number of ketones is 5. The number of rotatable bonds is 36. The number of unbranched alkanes of at least 4 members (excludes halogenated alkanes) is 6. The van der Waals surface area contributed by atoms with Gasteiger partial charge in [0.15, 0.2) is 11.6 Å². The van der Waals surface area contributed by atoms with Crippen molar-refractivity contribution >= 4 is 104 Å². The molecule has 0 spiro atoms. The van der Waals surface area contributed by atoms with Crippen LogP contribution >= 0.6 is 0 Å². The topological polar surface area (TPSA) is 306 Å². The molecule has 580 valence electrons. The van der Waals surface area contributed by atoms with E-state index < -0.39 is 6.09 Å². The number of carbonyl (C=O) groups is 11. The molecule has 0 bridgehead atoms. The Labute approximate surface area is 643 Å². The lowest BCUT2D eigenvalue weighted by molar-refractivity contribution is -0.136. The molecule has 21 heteroatoms. The number of aryl methyl sites for hydroxylation is 1. The number of pyridine rings is 1. The summed E-state index contributed by atoms with van der Waals surface area (Å²) in [6, 6.07) is 61.4. The lowest BCUT2D eigenvalue weighted by atomic mass is 10.00. The molecule has 0 aliphatic rings. The molecule has 0 unspecified atom stereocenters. The molecule has 1 heterocycles. The van der Waals surface area contributed by atoms with Crippen LogP contribution in [0.1, 0.15) is 195 Å². The number of nitrogens with one attached hydrogen (secondary N) is 8. The van der Waals surface area contributed by atoms with Gasteiger partial charge in [0.2, 0.25) is 17.7 Å². The summed E-state index contributed by atoms with van der Waals surface area (Å²) in [6.07, 6.45) is 16.9. The quantitative estimate of drug-likeness (QED) is 0.0134. The predicted octanol–water partition coefficient (Wildman–Crippen LogP) is 18.4. The first kappa shape index (κ1) is 91.5. The molecular weight excluding hydrogens is 1380 g/mol. The minimum Gasteiger partial charge on any atom is -0.445 e. The van der Waals surface area contributed by atoms with E-state index >= 15 is 0 Å². The molecule has 21 nitrogen and oxygen atoms in total. The fourth-order valence-electron chi connectivity index (χ4n) is 10.4. The normalized spacial score (nSPS) is 10.0. The predicted molar refractivity (Wildman–Crippen MR) is 438 cm³/mol. The highest BCUT2D eigenvalue weighted by molar-refractivity contribution is 6.37. The summed E-state index contributed by atoms with van der Waals surface area (Å²) in [5.41, 5.74) is 9.48. The van der Waals surface area contributed by atoms with Crippen LogP contribution in [0, 0.1) is 5.92 Å². The zero-order valence-electron chi connectivity index (χ0n) is 64.8. The van der Waals surface area contributed by atoms with E-state index in [-0.39, 0.29) is 59.3 Å². The molecule has 6 amide bonds. The van der Waals surface area contributed by atoms with Crippen molar-refractivity contribution in [3.05, 3.63) is 240 Å². The van der Waals surface area contributed by atoms with E-state index in [1.54, 1.807) is 109 Å². The van der Waals surface area contributed by atoms with Crippen LogP contribution < -0.4 is 42.5 Å². The average molecular weight is 1490 g/mol. The van der Waals surface area contributed by atoms with Crippen LogP contribution in [0.2, 0.25) is 0 Å². The van der Waals surface area contributed by atoms with Crippen LogP contribution in [0.3, 0.4) is 0 Å². The van der Waals surface area contributed by atoms with Crippen molar-refractivity contribution in [2.24, 2.45) is 5.92 Å². The number of benzene rings is 7. The van der Waals surface area contributed by atoms with Gasteiger partial charge in [0.25, 0.3) is 11.8 Å². The van der Waals surface area contributed by atoms with Gasteiger partial charge in [-0.3, -0.25) is 43.3 Å². The van der Waals surface area contributed by atoms with Gasteiger partial charge in [0, 0.05) is 118 Å². The fourth-order valence-corrected chi connectivity index (χ4v) is 10.4. The highest BCUT2D eigenvalue weighted by Gasteiger charge is 2.14. The minimum atomic E-state index is -0.514. The number of carbonyl (C=O) groups excluding carboxylic acids is 11. The standard InChI is InChI=1S/C22H22N4O3.C17H23NO3.C16H17N3O2.C15H21NO2.C11H14O.C7H14O/c1-23-19-6-2-3-7-20(19)26-21(27)18-10-8-16(9-11-18)14-25-22(28)29-15-17-5-4-12-24-13-17;1-2-15(19)16(20)12-8-3-4-9-13-17(21)18-14-10-6-5-7-11-14;1-11(20)18-13-9-7-12(8-10-13)16(21)19-15-6-4-3-5-14(15)17-2;1-13(17)9-5-2-3-8-12-15(18)16-14-10-6-4-7-11-14;1-10(12)6-5-9-11-7-3-2-4-8-11;1-4-7(5-2)6(3)8/h2-13,23H,14-15H2,1H3,(H,25,28)(H,26,27);5-7,10-11H,2-4,8-9,12-13H2,1H3,(H,18,21);3-10,17H,1-2H3,(H,18,20)(H,19,21);4,6-7,10-11H,2-3,5,8-9,12H2,1H3,(H,16,18);2-4,7-8H,5-6,9H2,1H3;7H,4-5H2,1-3H3. The molecule has 0 atom stereocenters. The summed E-state index contributed by atoms with van der Waals surface area (Å²) >= 11 is 0. The Balaban J connectivity index is 0.000000352. The zero-order valence-corrected chi connectivity index (χ0v) is 64.8. The third kappa shape index (κ3) is 42.3. The second-order valence-corrected chi connectivity index (χ2v) is 25.5. The van der Waals surface area contributed by atoms with Crippen molar-refractivity contribution < 1.29 is 57.5 Å². The summed E-state index contributed by atoms with van der Waals surface area (Å²) in [4.78, 5) is 129. The van der Waals surface area contributed by atoms with E-state index in [2.05, 4.69) is 73.5 Å². The fraction of sp³-hybridized carbons (Fsp3) is 0.341. The molecule has 1 aromatic heterocycles. The van der Waals surface area contributed by atoms with Crippen molar-refractivity contribution in [3.8, 4) is 0 Å². The molecular formula is C88H111N9O12. The summed E-state index contributed by atoms with van der Waals surface area (Å²) in [5, 5.41) is 22.8. The molecule has 0 radical (unpaired) electrons. The SMILES string of the molecule is CC(=O)CCCCCCC(=O)Nc1ccccc1.CC(=O)CCCc1ccccc1.CCC(=O)C(=O)CCCCCCC(=O)Nc1ccccc1.CCC(CC)C(C)=O.CNc1ccccc1NC(=O)c1ccc(CNC(=O)OCc2cccnc2)cc1.CNc1ccccc1NC(=O)c1ccc(NC(C)=O)cc1. The molecule has 7 aromatic carbocycles. The van der Waals surface area contributed by atoms with E-state index in [0.717, 1.165) is 117 Å². The van der Waals surface area contributed by atoms with Crippen molar-refractivity contribution in [1.82, 2.24) is 10.3 Å². The van der Waals surface area contributed by atoms with Gasteiger partial charge in [-0.2, -0.15) is 0 Å². The number of Topliss-reactive ketones (excluding diaryl/α,β-unsaturated/α-hetero) is 5. The Bertz CT molecular complexity index is 4010. The summed E-state index contributed by atoms with van der Waals surface area (Å²) in [5.74, 6) is 0.154. The van der Waals surface area contributed by atoms with Gasteiger partial charge in [-0.25, -0.2) is 4.79 Å². The first-order valence-corrected chi connectivity index (χ1v) is 37.3. The van der Waals surface area contributed by atoms with Gasteiger partial charge in [-0.15, -0.1) is 0 Å². The Hall–Kier alpha value is -11.7. The van der Waals surface area contributed by atoms with E-state index in [1.807, 2.05) is 133 Å². The van der Waals surface area contributed by atoms with Crippen molar-refractivity contribution in [2.45, 2.75) is 177 Å². The maximum Gasteiger partial charge on any atom is 0.407 e. The van der Waals surface area contributed by atoms with Crippen LogP contribution in [-0.2, 0) is 62.7 Å². The number of aromatic nitrogens is 1. The number of hydrogen-bond donors (Lipinski definition) is 8. The Kier molecular flexibility index (Phi) is 46.7. The molecule has 0 fully saturated rings. The van der Waals surface area contributed by atoms with Crippen LogP contribution in [0.5, 0.6) is 0 Å². The van der Waals surface area contributed by atoms with Gasteiger partial charge < -0.3 is 56.9 Å². The Morgan fingerprint density at radius 2 is 0.798 bits per heavy atom.